The summed E-state index contributed by atoms with van der Waals surface area (Å²) in [5.41, 5.74) is 6.05. The maximum Gasteiger partial charge on any atom is 0.165 e. The van der Waals surface area contributed by atoms with Gasteiger partial charge in [0.2, 0.25) is 0 Å². The molecule has 2 aliphatic rings. The van der Waals surface area contributed by atoms with Crippen molar-refractivity contribution in [2.75, 3.05) is 13.2 Å². The molecular formula is C15H21FN2O. The van der Waals surface area contributed by atoms with Crippen LogP contribution in [0.2, 0.25) is 0 Å². The monoisotopic (exact) mass is 264 g/mol. The van der Waals surface area contributed by atoms with Crippen molar-refractivity contribution in [3.8, 4) is 5.75 Å². The Bertz CT molecular complexity index is 426. The fourth-order valence-electron chi connectivity index (χ4n) is 3.50. The minimum absolute atomic E-state index is 0.286. The first kappa shape index (κ1) is 12.9. The zero-order valence-corrected chi connectivity index (χ0v) is 11.1. The summed E-state index contributed by atoms with van der Waals surface area (Å²) in [7, 11) is 0. The summed E-state index contributed by atoms with van der Waals surface area (Å²) in [6.07, 6.45) is 4.68. The number of fused-ring (bicyclic) bond motifs is 2. The van der Waals surface area contributed by atoms with Crippen LogP contribution in [-0.4, -0.2) is 36.2 Å². The SMILES string of the molecule is NC1CC2CCC(C1)N2CCOc1ccccc1F. The van der Waals surface area contributed by atoms with E-state index in [2.05, 4.69) is 4.90 Å². The molecule has 2 saturated heterocycles. The van der Waals surface area contributed by atoms with Crippen molar-refractivity contribution in [1.29, 1.82) is 0 Å². The Labute approximate surface area is 113 Å². The van der Waals surface area contributed by atoms with Crippen LogP contribution in [0.5, 0.6) is 5.75 Å². The first-order valence-electron chi connectivity index (χ1n) is 7.12. The lowest BCUT2D eigenvalue weighted by Gasteiger charge is -2.37. The molecule has 0 aliphatic carbocycles. The average Bonchev–Trinajstić information content (AvgIpc) is 2.64. The second kappa shape index (κ2) is 5.47. The summed E-state index contributed by atoms with van der Waals surface area (Å²) in [6.45, 7) is 1.42. The highest BCUT2D eigenvalue weighted by Crippen LogP contribution is 2.34. The third-order valence-electron chi connectivity index (χ3n) is 4.36. The van der Waals surface area contributed by atoms with Crippen LogP contribution >= 0.6 is 0 Å². The minimum Gasteiger partial charge on any atom is -0.489 e. The molecule has 2 atom stereocenters. The highest BCUT2D eigenvalue weighted by molar-refractivity contribution is 5.23. The van der Waals surface area contributed by atoms with E-state index in [-0.39, 0.29) is 5.82 Å². The van der Waals surface area contributed by atoms with Gasteiger partial charge in [0.15, 0.2) is 11.6 Å². The maximum absolute atomic E-state index is 13.4. The molecule has 0 amide bonds. The van der Waals surface area contributed by atoms with Crippen molar-refractivity contribution in [2.45, 2.75) is 43.8 Å². The van der Waals surface area contributed by atoms with Gasteiger partial charge in [-0.25, -0.2) is 4.39 Å². The number of ether oxygens (including phenoxy) is 1. The zero-order valence-electron chi connectivity index (χ0n) is 11.1. The van der Waals surface area contributed by atoms with Crippen LogP contribution in [0.1, 0.15) is 25.7 Å². The van der Waals surface area contributed by atoms with Crippen molar-refractivity contribution in [1.82, 2.24) is 4.90 Å². The number of benzene rings is 1. The van der Waals surface area contributed by atoms with Gasteiger partial charge in [-0.05, 0) is 37.8 Å². The molecule has 0 radical (unpaired) electrons. The van der Waals surface area contributed by atoms with E-state index in [1.165, 1.54) is 18.9 Å². The van der Waals surface area contributed by atoms with Crippen molar-refractivity contribution in [2.24, 2.45) is 5.73 Å². The van der Waals surface area contributed by atoms with Crippen LogP contribution in [0.3, 0.4) is 0 Å². The number of para-hydroxylation sites is 1. The maximum atomic E-state index is 13.4. The highest BCUT2D eigenvalue weighted by Gasteiger charge is 2.39. The topological polar surface area (TPSA) is 38.5 Å². The molecule has 1 aromatic carbocycles. The van der Waals surface area contributed by atoms with Gasteiger partial charge in [-0.15, -0.1) is 0 Å². The van der Waals surface area contributed by atoms with E-state index in [0.717, 1.165) is 19.4 Å². The molecule has 1 aromatic rings. The van der Waals surface area contributed by atoms with E-state index in [9.17, 15) is 4.39 Å². The molecule has 2 bridgehead atoms. The molecular weight excluding hydrogens is 243 g/mol. The lowest BCUT2D eigenvalue weighted by atomic mass is 9.98. The van der Waals surface area contributed by atoms with E-state index in [0.29, 0.717) is 30.5 Å². The third kappa shape index (κ3) is 2.74. The quantitative estimate of drug-likeness (QED) is 0.905. The van der Waals surface area contributed by atoms with Crippen LogP contribution < -0.4 is 10.5 Å². The van der Waals surface area contributed by atoms with Crippen LogP contribution in [0.15, 0.2) is 24.3 Å². The highest BCUT2D eigenvalue weighted by atomic mass is 19.1. The number of halogens is 1. The molecule has 2 unspecified atom stereocenters. The van der Waals surface area contributed by atoms with Gasteiger partial charge in [0.25, 0.3) is 0 Å². The lowest BCUT2D eigenvalue weighted by molar-refractivity contribution is 0.105. The Kier molecular flexibility index (Phi) is 3.71. The molecule has 3 nitrogen and oxygen atoms in total. The number of rotatable bonds is 4. The van der Waals surface area contributed by atoms with Gasteiger partial charge in [-0.2, -0.15) is 0 Å². The van der Waals surface area contributed by atoms with Crippen LogP contribution in [0.4, 0.5) is 4.39 Å². The predicted molar refractivity (Wildman–Crippen MR) is 72.6 cm³/mol. The van der Waals surface area contributed by atoms with E-state index >= 15 is 0 Å². The number of nitrogens with two attached hydrogens (primary N) is 1. The van der Waals surface area contributed by atoms with Gasteiger partial charge >= 0.3 is 0 Å². The van der Waals surface area contributed by atoms with Crippen molar-refractivity contribution in [3.63, 3.8) is 0 Å². The Hall–Kier alpha value is -1.13. The van der Waals surface area contributed by atoms with Crippen LogP contribution in [0, 0.1) is 5.82 Å². The molecule has 19 heavy (non-hydrogen) atoms. The largest absolute Gasteiger partial charge is 0.489 e. The van der Waals surface area contributed by atoms with Crippen LogP contribution in [0.25, 0.3) is 0 Å². The normalized spacial score (nSPS) is 30.5. The first-order valence-corrected chi connectivity index (χ1v) is 7.12. The van der Waals surface area contributed by atoms with E-state index in [1.54, 1.807) is 18.2 Å². The lowest BCUT2D eigenvalue weighted by Crippen LogP contribution is -2.48. The Morgan fingerprint density at radius 3 is 2.58 bits per heavy atom. The fourth-order valence-corrected chi connectivity index (χ4v) is 3.50. The second-order valence-electron chi connectivity index (χ2n) is 5.63. The smallest absolute Gasteiger partial charge is 0.165 e. The molecule has 2 N–H and O–H groups in total. The van der Waals surface area contributed by atoms with Gasteiger partial charge < -0.3 is 10.5 Å². The summed E-state index contributed by atoms with van der Waals surface area (Å²) >= 11 is 0. The van der Waals surface area contributed by atoms with Gasteiger partial charge in [-0.1, -0.05) is 12.1 Å². The second-order valence-corrected chi connectivity index (χ2v) is 5.63. The molecule has 2 heterocycles. The number of hydrogen-bond acceptors (Lipinski definition) is 3. The summed E-state index contributed by atoms with van der Waals surface area (Å²) in [6, 6.07) is 8.16. The fraction of sp³-hybridized carbons (Fsp3) is 0.600. The van der Waals surface area contributed by atoms with Crippen molar-refractivity contribution < 1.29 is 9.13 Å². The summed E-state index contributed by atoms with van der Waals surface area (Å²) < 4.78 is 19.0. The molecule has 2 aliphatic heterocycles. The number of hydrogen-bond donors (Lipinski definition) is 1. The van der Waals surface area contributed by atoms with E-state index in [4.69, 9.17) is 10.5 Å². The average molecular weight is 264 g/mol. The third-order valence-corrected chi connectivity index (χ3v) is 4.36. The molecule has 4 heteroatoms. The van der Waals surface area contributed by atoms with E-state index in [1.807, 2.05) is 0 Å². The van der Waals surface area contributed by atoms with Gasteiger partial charge in [0.1, 0.15) is 6.61 Å². The Morgan fingerprint density at radius 1 is 1.21 bits per heavy atom. The first-order chi connectivity index (χ1) is 9.24. The van der Waals surface area contributed by atoms with Gasteiger partial charge in [-0.3, -0.25) is 4.90 Å². The van der Waals surface area contributed by atoms with Gasteiger partial charge in [0, 0.05) is 24.7 Å². The van der Waals surface area contributed by atoms with Crippen LogP contribution in [-0.2, 0) is 0 Å². The molecule has 2 fully saturated rings. The number of nitrogens with zero attached hydrogens (tertiary/aromatic N) is 1. The Balaban J connectivity index is 1.52. The molecule has 3 rings (SSSR count). The zero-order chi connectivity index (χ0) is 13.2. The van der Waals surface area contributed by atoms with Crippen molar-refractivity contribution >= 4 is 0 Å². The van der Waals surface area contributed by atoms with E-state index < -0.39 is 0 Å². The number of piperidine rings is 1. The summed E-state index contributed by atoms with van der Waals surface area (Å²) in [5, 5.41) is 0. The molecule has 104 valence electrons. The standard InChI is InChI=1S/C15H21FN2O/c16-14-3-1-2-4-15(14)19-8-7-18-12-5-6-13(18)10-11(17)9-12/h1-4,11-13H,5-10,17H2. The van der Waals surface area contributed by atoms with Gasteiger partial charge in [0.05, 0.1) is 0 Å². The molecule has 0 spiro atoms. The summed E-state index contributed by atoms with van der Waals surface area (Å²) in [5.74, 6) is 0.0645. The molecule has 0 aromatic heterocycles. The molecule has 0 saturated carbocycles. The Morgan fingerprint density at radius 2 is 1.89 bits per heavy atom. The van der Waals surface area contributed by atoms with Crippen molar-refractivity contribution in [3.05, 3.63) is 30.1 Å². The predicted octanol–water partition coefficient (Wildman–Crippen LogP) is 2.16. The summed E-state index contributed by atoms with van der Waals surface area (Å²) in [4.78, 5) is 2.50. The minimum atomic E-state index is -0.286.